The van der Waals surface area contributed by atoms with Gasteiger partial charge >= 0.3 is 0 Å². The summed E-state index contributed by atoms with van der Waals surface area (Å²) in [5.74, 6) is -0.362. The Morgan fingerprint density at radius 2 is 1.87 bits per heavy atom. The molecule has 0 radical (unpaired) electrons. The van der Waals surface area contributed by atoms with Crippen LogP contribution < -0.4 is 10.0 Å². The maximum absolute atomic E-state index is 12.6. The molecule has 0 spiro atoms. The number of piperidine rings is 1. The molecule has 2 amide bonds. The van der Waals surface area contributed by atoms with Crippen molar-refractivity contribution < 1.29 is 18.0 Å². The number of carbonyl (C=O) groups is 2. The molecule has 1 fully saturated rings. The van der Waals surface area contributed by atoms with Crippen LogP contribution in [0.4, 0.5) is 0 Å². The van der Waals surface area contributed by atoms with E-state index in [1.54, 1.807) is 30.9 Å². The van der Waals surface area contributed by atoms with Crippen molar-refractivity contribution in [1.82, 2.24) is 14.9 Å². The molecule has 0 aliphatic carbocycles. The number of sulfonamides is 1. The lowest BCUT2D eigenvalue weighted by Crippen LogP contribution is -2.45. The second-order valence-corrected chi connectivity index (χ2v) is 10.8. The number of likely N-dealkylation sites (tertiary alicyclic amines) is 1. The lowest BCUT2D eigenvalue weighted by molar-refractivity contribution is -0.126. The van der Waals surface area contributed by atoms with Crippen molar-refractivity contribution in [2.45, 2.75) is 45.0 Å². The van der Waals surface area contributed by atoms with Gasteiger partial charge in [0.25, 0.3) is 5.91 Å². The van der Waals surface area contributed by atoms with E-state index in [2.05, 4.69) is 10.0 Å². The van der Waals surface area contributed by atoms with Gasteiger partial charge in [0.05, 0.1) is 16.5 Å². The van der Waals surface area contributed by atoms with Crippen LogP contribution in [0, 0.1) is 5.92 Å². The molecule has 3 rings (SSSR count). The summed E-state index contributed by atoms with van der Waals surface area (Å²) in [6.07, 6.45) is 1.57. The first-order valence-electron chi connectivity index (χ1n) is 10.4. The fourth-order valence-electron chi connectivity index (χ4n) is 3.64. The molecule has 168 valence electrons. The first-order chi connectivity index (χ1) is 14.7. The van der Waals surface area contributed by atoms with Crippen LogP contribution in [0.25, 0.3) is 0 Å². The van der Waals surface area contributed by atoms with E-state index < -0.39 is 10.0 Å². The molecule has 1 atom stereocenters. The number of thiophene rings is 1. The summed E-state index contributed by atoms with van der Waals surface area (Å²) in [7, 11) is -3.37. The predicted octanol–water partition coefficient (Wildman–Crippen LogP) is 2.74. The van der Waals surface area contributed by atoms with Crippen molar-refractivity contribution in [2.24, 2.45) is 5.92 Å². The van der Waals surface area contributed by atoms with Crippen molar-refractivity contribution >= 4 is 33.2 Å². The Morgan fingerprint density at radius 3 is 2.52 bits per heavy atom. The molecule has 2 heterocycles. The van der Waals surface area contributed by atoms with Gasteiger partial charge in [-0.05, 0) is 49.3 Å². The molecule has 9 heteroatoms. The highest BCUT2D eigenvalue weighted by Gasteiger charge is 2.29. The highest BCUT2D eigenvalue weighted by Crippen LogP contribution is 2.21. The monoisotopic (exact) mass is 463 g/mol. The van der Waals surface area contributed by atoms with Crippen molar-refractivity contribution in [2.75, 3.05) is 13.1 Å². The van der Waals surface area contributed by atoms with E-state index in [9.17, 15) is 18.0 Å². The molecule has 7 nitrogen and oxygen atoms in total. The Bertz CT molecular complexity index is 986. The maximum atomic E-state index is 12.6. The third-order valence-electron chi connectivity index (χ3n) is 5.07. The molecule has 1 aliphatic rings. The van der Waals surface area contributed by atoms with Crippen LogP contribution in [0.3, 0.4) is 0 Å². The maximum Gasteiger partial charge on any atom is 0.263 e. The fraction of sp³-hybridized carbons (Fsp3) is 0.455. The second kappa shape index (κ2) is 10.4. The summed E-state index contributed by atoms with van der Waals surface area (Å²) in [6, 6.07) is 10.7. The van der Waals surface area contributed by atoms with Gasteiger partial charge in [-0.15, -0.1) is 11.3 Å². The van der Waals surface area contributed by atoms with Gasteiger partial charge in [0, 0.05) is 25.7 Å². The Balaban J connectivity index is 1.50. The summed E-state index contributed by atoms with van der Waals surface area (Å²) in [6.45, 7) is 5.05. The standard InChI is InChI=1S/C22H29N3O4S2/c1-16(2)24-31(28,29)15-18-9-7-17(8-10-18)13-23-21(26)19-5-3-11-25(14-19)22(27)20-6-4-12-30-20/h4,6-10,12,16,19,24H,3,5,11,13-15H2,1-2H3,(H,23,26). The number of amides is 2. The molecule has 0 bridgehead atoms. The first kappa shape index (κ1) is 23.4. The summed E-state index contributed by atoms with van der Waals surface area (Å²) < 4.78 is 26.6. The van der Waals surface area contributed by atoms with Crippen LogP contribution >= 0.6 is 11.3 Å². The van der Waals surface area contributed by atoms with Gasteiger partial charge < -0.3 is 10.2 Å². The molecule has 1 unspecified atom stereocenters. The number of rotatable bonds is 8. The Kier molecular flexibility index (Phi) is 7.85. The van der Waals surface area contributed by atoms with E-state index in [1.165, 1.54) is 11.3 Å². The van der Waals surface area contributed by atoms with E-state index in [0.29, 0.717) is 30.1 Å². The third kappa shape index (κ3) is 6.88. The highest BCUT2D eigenvalue weighted by molar-refractivity contribution is 7.88. The summed E-state index contributed by atoms with van der Waals surface area (Å²) in [4.78, 5) is 27.7. The second-order valence-electron chi connectivity index (χ2n) is 8.13. The Hall–Kier alpha value is -2.23. The predicted molar refractivity (Wildman–Crippen MR) is 122 cm³/mol. The van der Waals surface area contributed by atoms with Crippen LogP contribution in [-0.4, -0.2) is 44.3 Å². The zero-order chi connectivity index (χ0) is 22.4. The van der Waals surface area contributed by atoms with Gasteiger partial charge in [0.15, 0.2) is 0 Å². The molecule has 1 aromatic heterocycles. The topological polar surface area (TPSA) is 95.6 Å². The minimum atomic E-state index is -3.37. The van der Waals surface area contributed by atoms with Crippen LogP contribution in [0.5, 0.6) is 0 Å². The summed E-state index contributed by atoms with van der Waals surface area (Å²) >= 11 is 1.42. The number of nitrogens with zero attached hydrogens (tertiary/aromatic N) is 1. The zero-order valence-corrected chi connectivity index (χ0v) is 19.5. The van der Waals surface area contributed by atoms with Crippen LogP contribution in [0.15, 0.2) is 41.8 Å². The van der Waals surface area contributed by atoms with Gasteiger partial charge in [-0.2, -0.15) is 0 Å². The van der Waals surface area contributed by atoms with Gasteiger partial charge in [-0.3, -0.25) is 9.59 Å². The van der Waals surface area contributed by atoms with Gasteiger partial charge in [-0.25, -0.2) is 13.1 Å². The highest BCUT2D eigenvalue weighted by atomic mass is 32.2. The average Bonchev–Trinajstić information content (AvgIpc) is 3.26. The molecule has 2 aromatic rings. The largest absolute Gasteiger partial charge is 0.352 e. The van der Waals surface area contributed by atoms with Crippen LogP contribution in [0.2, 0.25) is 0 Å². The van der Waals surface area contributed by atoms with E-state index >= 15 is 0 Å². The molecule has 2 N–H and O–H groups in total. The zero-order valence-electron chi connectivity index (χ0n) is 17.8. The first-order valence-corrected chi connectivity index (χ1v) is 12.9. The molecule has 1 aliphatic heterocycles. The van der Waals surface area contributed by atoms with Crippen LogP contribution in [-0.2, 0) is 27.1 Å². The molecular weight excluding hydrogens is 434 g/mol. The van der Waals surface area contributed by atoms with E-state index in [4.69, 9.17) is 0 Å². The fourth-order valence-corrected chi connectivity index (χ4v) is 5.76. The molecule has 1 saturated heterocycles. The lowest BCUT2D eigenvalue weighted by Gasteiger charge is -2.31. The summed E-state index contributed by atoms with van der Waals surface area (Å²) in [5, 5.41) is 4.83. The lowest BCUT2D eigenvalue weighted by atomic mass is 9.97. The van der Waals surface area contributed by atoms with E-state index in [1.807, 2.05) is 29.6 Å². The number of nitrogens with one attached hydrogen (secondary N) is 2. The van der Waals surface area contributed by atoms with Gasteiger partial charge in [0.2, 0.25) is 15.9 Å². The summed E-state index contributed by atoms with van der Waals surface area (Å²) in [5.41, 5.74) is 1.59. The molecular formula is C22H29N3O4S2. The smallest absolute Gasteiger partial charge is 0.263 e. The number of benzene rings is 1. The average molecular weight is 464 g/mol. The van der Waals surface area contributed by atoms with Crippen molar-refractivity contribution in [1.29, 1.82) is 0 Å². The Morgan fingerprint density at radius 1 is 1.16 bits per heavy atom. The van der Waals surface area contributed by atoms with Gasteiger partial charge in [-0.1, -0.05) is 30.3 Å². The Labute approximate surface area is 187 Å². The normalized spacial score (nSPS) is 17.0. The number of hydrogen-bond acceptors (Lipinski definition) is 5. The minimum absolute atomic E-state index is 0.00926. The van der Waals surface area contributed by atoms with Crippen LogP contribution in [0.1, 0.15) is 47.5 Å². The van der Waals surface area contributed by atoms with E-state index in [0.717, 1.165) is 18.4 Å². The number of carbonyl (C=O) groups excluding carboxylic acids is 2. The van der Waals surface area contributed by atoms with Crippen molar-refractivity contribution in [3.63, 3.8) is 0 Å². The van der Waals surface area contributed by atoms with E-state index in [-0.39, 0.29) is 29.5 Å². The number of hydrogen-bond donors (Lipinski definition) is 2. The quantitative estimate of drug-likeness (QED) is 0.629. The molecule has 31 heavy (non-hydrogen) atoms. The van der Waals surface area contributed by atoms with Crippen molar-refractivity contribution in [3.8, 4) is 0 Å². The SMILES string of the molecule is CC(C)NS(=O)(=O)Cc1ccc(CNC(=O)C2CCCN(C(=O)c3cccs3)C2)cc1. The van der Waals surface area contributed by atoms with Crippen molar-refractivity contribution in [3.05, 3.63) is 57.8 Å². The molecule has 0 saturated carbocycles. The molecule has 1 aromatic carbocycles. The minimum Gasteiger partial charge on any atom is -0.352 e. The van der Waals surface area contributed by atoms with Gasteiger partial charge in [0.1, 0.15) is 0 Å². The third-order valence-corrected chi connectivity index (χ3v) is 7.47.